The number of hydrogen-bond acceptors (Lipinski definition) is 3. The number of morpholine rings is 1. The molecular weight excluding hydrogens is 218 g/mol. The second-order valence-corrected chi connectivity index (χ2v) is 4.20. The van der Waals surface area contributed by atoms with Crippen LogP contribution >= 0.6 is 0 Å². The number of nitrogens with zero attached hydrogens (tertiary/aromatic N) is 1. The molecule has 17 heavy (non-hydrogen) atoms. The quantitative estimate of drug-likeness (QED) is 0.749. The number of benzene rings is 1. The van der Waals surface area contributed by atoms with Crippen LogP contribution in [0.4, 0.5) is 4.79 Å². The Balaban J connectivity index is 2.10. The minimum atomic E-state index is -0.290. The van der Waals surface area contributed by atoms with Gasteiger partial charge in [0.25, 0.3) is 0 Å². The van der Waals surface area contributed by atoms with Crippen LogP contribution in [-0.2, 0) is 9.47 Å². The highest BCUT2D eigenvalue weighted by Crippen LogP contribution is 2.24. The average molecular weight is 235 g/mol. The number of amides is 1. The number of rotatable bonds is 1. The Hall–Kier alpha value is -1.55. The maximum atomic E-state index is 11.6. The van der Waals surface area contributed by atoms with Gasteiger partial charge in [-0.3, -0.25) is 0 Å². The molecule has 0 aromatic heterocycles. The van der Waals surface area contributed by atoms with Crippen LogP contribution in [0.3, 0.4) is 0 Å². The predicted molar refractivity (Wildman–Crippen MR) is 63.7 cm³/mol. The van der Waals surface area contributed by atoms with Gasteiger partial charge in [-0.15, -0.1) is 0 Å². The summed E-state index contributed by atoms with van der Waals surface area (Å²) in [6.07, 6.45) is -0.353. The fraction of sp³-hybridized carbons (Fsp3) is 0.462. The lowest BCUT2D eigenvalue weighted by Gasteiger charge is -2.37. The number of hydrogen-bond donors (Lipinski definition) is 0. The van der Waals surface area contributed by atoms with Gasteiger partial charge in [-0.25, -0.2) is 4.79 Å². The zero-order chi connectivity index (χ0) is 12.3. The number of carbonyl (C=O) groups excluding carboxylic acids is 1. The monoisotopic (exact) mass is 235 g/mol. The molecule has 0 saturated carbocycles. The van der Waals surface area contributed by atoms with Crippen LogP contribution in [0.2, 0.25) is 0 Å². The molecule has 1 amide bonds. The van der Waals surface area contributed by atoms with Crippen molar-refractivity contribution in [1.29, 1.82) is 0 Å². The first-order valence-corrected chi connectivity index (χ1v) is 5.73. The van der Waals surface area contributed by atoms with Crippen molar-refractivity contribution in [1.82, 2.24) is 4.90 Å². The molecular formula is C13H17NO3. The number of ether oxygens (including phenoxy) is 2. The lowest BCUT2D eigenvalue weighted by Crippen LogP contribution is -2.48. The van der Waals surface area contributed by atoms with Gasteiger partial charge >= 0.3 is 6.09 Å². The molecule has 0 aliphatic carbocycles. The molecule has 92 valence electrons. The molecule has 0 radical (unpaired) electrons. The Morgan fingerprint density at radius 1 is 1.41 bits per heavy atom. The van der Waals surface area contributed by atoms with Gasteiger partial charge in [0.2, 0.25) is 0 Å². The molecule has 1 saturated heterocycles. The lowest BCUT2D eigenvalue weighted by molar-refractivity contribution is -0.0528. The molecule has 0 spiro atoms. The molecule has 1 aliphatic heterocycles. The summed E-state index contributed by atoms with van der Waals surface area (Å²) in [7, 11) is 1.40. The van der Waals surface area contributed by atoms with Crippen molar-refractivity contribution in [3.63, 3.8) is 0 Å². The van der Waals surface area contributed by atoms with E-state index in [0.29, 0.717) is 13.2 Å². The van der Waals surface area contributed by atoms with Crippen LogP contribution in [0.1, 0.15) is 18.6 Å². The third-order valence-electron chi connectivity index (χ3n) is 3.01. The van der Waals surface area contributed by atoms with Crippen LogP contribution in [0.25, 0.3) is 0 Å². The third kappa shape index (κ3) is 2.58. The molecule has 1 aromatic rings. The van der Waals surface area contributed by atoms with Crippen LogP contribution in [0.5, 0.6) is 0 Å². The summed E-state index contributed by atoms with van der Waals surface area (Å²) in [5.74, 6) is 0. The maximum absolute atomic E-state index is 11.6. The van der Waals surface area contributed by atoms with E-state index >= 15 is 0 Å². The van der Waals surface area contributed by atoms with Gasteiger partial charge in [0.05, 0.1) is 26.3 Å². The summed E-state index contributed by atoms with van der Waals surface area (Å²) in [5.41, 5.74) is 1.09. The van der Waals surface area contributed by atoms with E-state index in [0.717, 1.165) is 5.56 Å². The minimum absolute atomic E-state index is 0.0578. The van der Waals surface area contributed by atoms with Crippen LogP contribution in [0.15, 0.2) is 30.3 Å². The normalized spacial score (nSPS) is 24.5. The molecule has 0 N–H and O–H groups in total. The summed E-state index contributed by atoms with van der Waals surface area (Å²) in [6.45, 7) is 3.03. The highest BCUT2D eigenvalue weighted by Gasteiger charge is 2.30. The van der Waals surface area contributed by atoms with E-state index in [1.807, 2.05) is 37.3 Å². The molecule has 4 nitrogen and oxygen atoms in total. The molecule has 1 fully saturated rings. The summed E-state index contributed by atoms with van der Waals surface area (Å²) in [4.78, 5) is 13.3. The maximum Gasteiger partial charge on any atom is 0.409 e. The second-order valence-electron chi connectivity index (χ2n) is 4.20. The van der Waals surface area contributed by atoms with E-state index in [2.05, 4.69) is 0 Å². The Kier molecular flexibility index (Phi) is 3.64. The van der Waals surface area contributed by atoms with Gasteiger partial charge < -0.3 is 14.4 Å². The molecule has 1 heterocycles. The highest BCUT2D eigenvalue weighted by molar-refractivity contribution is 5.68. The van der Waals surface area contributed by atoms with Gasteiger partial charge in [0.1, 0.15) is 6.10 Å². The van der Waals surface area contributed by atoms with Crippen molar-refractivity contribution in [3.05, 3.63) is 35.9 Å². The van der Waals surface area contributed by atoms with Crippen molar-refractivity contribution in [2.24, 2.45) is 0 Å². The Morgan fingerprint density at radius 3 is 2.76 bits per heavy atom. The highest BCUT2D eigenvalue weighted by atomic mass is 16.5. The molecule has 2 rings (SSSR count). The van der Waals surface area contributed by atoms with E-state index in [1.165, 1.54) is 7.11 Å². The van der Waals surface area contributed by atoms with Gasteiger partial charge in [-0.05, 0) is 12.5 Å². The summed E-state index contributed by atoms with van der Waals surface area (Å²) in [6, 6.07) is 9.99. The van der Waals surface area contributed by atoms with E-state index in [1.54, 1.807) is 4.90 Å². The predicted octanol–water partition coefficient (Wildman–Crippen LogP) is 2.21. The number of methoxy groups -OCH3 is 1. The summed E-state index contributed by atoms with van der Waals surface area (Å²) in [5, 5.41) is 0. The minimum Gasteiger partial charge on any atom is -0.453 e. The van der Waals surface area contributed by atoms with Crippen molar-refractivity contribution in [2.45, 2.75) is 19.1 Å². The molecule has 1 aliphatic rings. The topological polar surface area (TPSA) is 38.8 Å². The SMILES string of the molecule is COC(=O)N1C[C@@H](c2ccccc2)OC[C@H]1C. The Morgan fingerprint density at radius 2 is 2.12 bits per heavy atom. The molecule has 4 heteroatoms. The van der Waals surface area contributed by atoms with E-state index in [-0.39, 0.29) is 18.2 Å². The van der Waals surface area contributed by atoms with Crippen LogP contribution in [-0.4, -0.2) is 37.3 Å². The smallest absolute Gasteiger partial charge is 0.409 e. The van der Waals surface area contributed by atoms with E-state index in [9.17, 15) is 4.79 Å². The van der Waals surface area contributed by atoms with Crippen molar-refractivity contribution in [2.75, 3.05) is 20.3 Å². The Labute approximate surface area is 101 Å². The third-order valence-corrected chi connectivity index (χ3v) is 3.01. The molecule has 1 aromatic carbocycles. The van der Waals surface area contributed by atoms with Crippen molar-refractivity contribution in [3.8, 4) is 0 Å². The van der Waals surface area contributed by atoms with Crippen molar-refractivity contribution < 1.29 is 14.3 Å². The van der Waals surface area contributed by atoms with Gasteiger partial charge in [0, 0.05) is 0 Å². The second kappa shape index (κ2) is 5.19. The van der Waals surface area contributed by atoms with Gasteiger partial charge in [-0.1, -0.05) is 30.3 Å². The Bertz CT molecular complexity index is 380. The van der Waals surface area contributed by atoms with Gasteiger partial charge in [0.15, 0.2) is 0 Å². The molecule has 2 atom stereocenters. The van der Waals surface area contributed by atoms with Crippen LogP contribution < -0.4 is 0 Å². The zero-order valence-electron chi connectivity index (χ0n) is 10.1. The first-order chi connectivity index (χ1) is 8.22. The zero-order valence-corrected chi connectivity index (χ0v) is 10.1. The first kappa shape index (κ1) is 11.9. The first-order valence-electron chi connectivity index (χ1n) is 5.73. The van der Waals surface area contributed by atoms with Crippen molar-refractivity contribution >= 4 is 6.09 Å². The largest absolute Gasteiger partial charge is 0.453 e. The van der Waals surface area contributed by atoms with E-state index < -0.39 is 0 Å². The summed E-state index contributed by atoms with van der Waals surface area (Å²) >= 11 is 0. The lowest BCUT2D eigenvalue weighted by atomic mass is 10.1. The van der Waals surface area contributed by atoms with E-state index in [4.69, 9.17) is 9.47 Å². The fourth-order valence-electron chi connectivity index (χ4n) is 2.00. The summed E-state index contributed by atoms with van der Waals surface area (Å²) < 4.78 is 10.5. The molecule has 0 unspecified atom stereocenters. The number of carbonyl (C=O) groups is 1. The fourth-order valence-corrected chi connectivity index (χ4v) is 2.00. The molecule has 0 bridgehead atoms. The van der Waals surface area contributed by atoms with Crippen LogP contribution in [0, 0.1) is 0 Å². The standard InChI is InChI=1S/C13H17NO3/c1-10-9-17-12(8-14(10)13(15)16-2)11-6-4-3-5-7-11/h3-7,10,12H,8-9H2,1-2H3/t10-,12+/m1/s1. The average Bonchev–Trinajstić information content (AvgIpc) is 2.39. The van der Waals surface area contributed by atoms with Gasteiger partial charge in [-0.2, -0.15) is 0 Å².